The Hall–Kier alpha value is -0.530. The summed E-state index contributed by atoms with van der Waals surface area (Å²) in [5.74, 6) is 0.827. The standard InChI is InChI=1S/C17H26ClN3O.HI/c1-13(2)21-16(19-3)20-12-17(8-10-22-11-9-17)14-6-4-5-7-15(14)18;/h4-7,13H,8-12H2,1-3H3,(H2,19,20,21);1H. The number of hydrogen-bond acceptors (Lipinski definition) is 2. The molecule has 1 heterocycles. The molecule has 1 aliphatic heterocycles. The predicted molar refractivity (Wildman–Crippen MR) is 108 cm³/mol. The van der Waals surface area contributed by atoms with Gasteiger partial charge in [0, 0.05) is 43.3 Å². The molecule has 0 spiro atoms. The molecule has 1 aliphatic rings. The second-order valence-electron chi connectivity index (χ2n) is 6.10. The molecule has 0 aliphatic carbocycles. The van der Waals surface area contributed by atoms with Crippen LogP contribution in [0, 0.1) is 0 Å². The average Bonchev–Trinajstić information content (AvgIpc) is 2.52. The smallest absolute Gasteiger partial charge is 0.191 e. The molecule has 0 radical (unpaired) electrons. The second kappa shape index (κ2) is 9.69. The van der Waals surface area contributed by atoms with Crippen molar-refractivity contribution in [2.75, 3.05) is 26.8 Å². The largest absolute Gasteiger partial charge is 0.381 e. The van der Waals surface area contributed by atoms with E-state index in [0.29, 0.717) is 6.04 Å². The lowest BCUT2D eigenvalue weighted by atomic mass is 9.74. The highest BCUT2D eigenvalue weighted by Crippen LogP contribution is 2.38. The van der Waals surface area contributed by atoms with E-state index in [1.807, 2.05) is 12.1 Å². The SMILES string of the molecule is CN=C(NCC1(c2ccccc2Cl)CCOCC1)NC(C)C.I. The summed E-state index contributed by atoms with van der Waals surface area (Å²) >= 11 is 6.47. The molecule has 2 N–H and O–H groups in total. The zero-order valence-corrected chi connectivity index (χ0v) is 17.2. The highest BCUT2D eigenvalue weighted by atomic mass is 127. The third-order valence-corrected chi connectivity index (χ3v) is 4.47. The third-order valence-electron chi connectivity index (χ3n) is 4.14. The first kappa shape index (κ1) is 20.5. The fraction of sp³-hybridized carbons (Fsp3) is 0.588. The van der Waals surface area contributed by atoms with Crippen molar-refractivity contribution in [1.82, 2.24) is 10.6 Å². The lowest BCUT2D eigenvalue weighted by molar-refractivity contribution is 0.0514. The number of nitrogens with zero attached hydrogens (tertiary/aromatic N) is 1. The predicted octanol–water partition coefficient (Wildman–Crippen LogP) is 3.58. The molecule has 1 aromatic rings. The van der Waals surface area contributed by atoms with Crippen LogP contribution in [0.2, 0.25) is 5.02 Å². The summed E-state index contributed by atoms with van der Waals surface area (Å²) in [7, 11) is 1.80. The fourth-order valence-corrected chi connectivity index (χ4v) is 3.25. The van der Waals surface area contributed by atoms with Crippen LogP contribution in [0.25, 0.3) is 0 Å². The zero-order valence-electron chi connectivity index (χ0n) is 14.1. The Bertz CT molecular complexity index is 516. The number of ether oxygens (including phenoxy) is 1. The van der Waals surface area contributed by atoms with Gasteiger partial charge < -0.3 is 15.4 Å². The summed E-state index contributed by atoms with van der Waals surface area (Å²) in [6, 6.07) is 8.48. The molecule has 1 aromatic carbocycles. The lowest BCUT2D eigenvalue weighted by Gasteiger charge is -2.39. The molecule has 23 heavy (non-hydrogen) atoms. The van der Waals surface area contributed by atoms with E-state index in [0.717, 1.165) is 43.6 Å². The van der Waals surface area contributed by atoms with Gasteiger partial charge in [-0.1, -0.05) is 29.8 Å². The number of nitrogens with one attached hydrogen (secondary N) is 2. The number of rotatable bonds is 4. The molecule has 130 valence electrons. The van der Waals surface area contributed by atoms with Crippen molar-refractivity contribution in [2.24, 2.45) is 4.99 Å². The van der Waals surface area contributed by atoms with Crippen LogP contribution in [0.1, 0.15) is 32.3 Å². The van der Waals surface area contributed by atoms with Crippen molar-refractivity contribution in [3.05, 3.63) is 34.9 Å². The minimum atomic E-state index is -0.00874. The van der Waals surface area contributed by atoms with Crippen molar-refractivity contribution in [1.29, 1.82) is 0 Å². The van der Waals surface area contributed by atoms with Crippen LogP contribution in [0.15, 0.2) is 29.3 Å². The van der Waals surface area contributed by atoms with Crippen LogP contribution in [-0.4, -0.2) is 38.8 Å². The maximum Gasteiger partial charge on any atom is 0.191 e. The number of halogens is 2. The van der Waals surface area contributed by atoms with Gasteiger partial charge in [0.25, 0.3) is 0 Å². The number of benzene rings is 1. The molecule has 0 atom stereocenters. The van der Waals surface area contributed by atoms with E-state index in [2.05, 4.69) is 41.6 Å². The fourth-order valence-electron chi connectivity index (χ4n) is 2.92. The van der Waals surface area contributed by atoms with Gasteiger partial charge in [-0.25, -0.2) is 0 Å². The number of aliphatic imine (C=N–C) groups is 1. The zero-order chi connectivity index (χ0) is 16.0. The van der Waals surface area contributed by atoms with Gasteiger partial charge in [0.05, 0.1) is 0 Å². The highest BCUT2D eigenvalue weighted by Gasteiger charge is 2.36. The molecular formula is C17H27ClIN3O. The van der Waals surface area contributed by atoms with E-state index < -0.39 is 0 Å². The maximum absolute atomic E-state index is 6.47. The highest BCUT2D eigenvalue weighted by molar-refractivity contribution is 14.0. The summed E-state index contributed by atoms with van der Waals surface area (Å²) in [4.78, 5) is 4.29. The van der Waals surface area contributed by atoms with E-state index in [9.17, 15) is 0 Å². The Morgan fingerprint density at radius 1 is 1.30 bits per heavy atom. The van der Waals surface area contributed by atoms with Gasteiger partial charge in [-0.2, -0.15) is 0 Å². The minimum absolute atomic E-state index is 0. The Morgan fingerprint density at radius 3 is 2.52 bits per heavy atom. The second-order valence-corrected chi connectivity index (χ2v) is 6.50. The van der Waals surface area contributed by atoms with E-state index in [1.165, 1.54) is 5.56 Å². The van der Waals surface area contributed by atoms with Gasteiger partial charge in [-0.15, -0.1) is 24.0 Å². The Kier molecular flexibility index (Phi) is 8.64. The maximum atomic E-state index is 6.47. The Balaban J connectivity index is 0.00000264. The van der Waals surface area contributed by atoms with Crippen molar-refractivity contribution < 1.29 is 4.74 Å². The van der Waals surface area contributed by atoms with Crippen LogP contribution in [0.5, 0.6) is 0 Å². The minimum Gasteiger partial charge on any atom is -0.381 e. The molecule has 4 nitrogen and oxygen atoms in total. The van der Waals surface area contributed by atoms with Crippen LogP contribution in [0.3, 0.4) is 0 Å². The van der Waals surface area contributed by atoms with Crippen LogP contribution >= 0.6 is 35.6 Å². The van der Waals surface area contributed by atoms with Gasteiger partial charge in [0.15, 0.2) is 5.96 Å². The first-order chi connectivity index (χ1) is 10.6. The molecule has 2 rings (SSSR count). The first-order valence-corrected chi connectivity index (χ1v) is 8.25. The van der Waals surface area contributed by atoms with Crippen LogP contribution in [-0.2, 0) is 10.2 Å². The van der Waals surface area contributed by atoms with Crippen molar-refractivity contribution >= 4 is 41.5 Å². The summed E-state index contributed by atoms with van der Waals surface area (Å²) in [5.41, 5.74) is 1.19. The van der Waals surface area contributed by atoms with E-state index in [4.69, 9.17) is 16.3 Å². The van der Waals surface area contributed by atoms with Gasteiger partial charge in [-0.05, 0) is 38.3 Å². The lowest BCUT2D eigenvalue weighted by Crippen LogP contribution is -2.49. The van der Waals surface area contributed by atoms with Gasteiger partial charge in [0.1, 0.15) is 0 Å². The van der Waals surface area contributed by atoms with Gasteiger partial charge >= 0.3 is 0 Å². The normalized spacial score (nSPS) is 17.5. The van der Waals surface area contributed by atoms with E-state index in [1.54, 1.807) is 7.05 Å². The van der Waals surface area contributed by atoms with Gasteiger partial charge in [-0.3, -0.25) is 4.99 Å². The molecule has 0 bridgehead atoms. The molecular weight excluding hydrogens is 425 g/mol. The molecule has 1 fully saturated rings. The van der Waals surface area contributed by atoms with E-state index in [-0.39, 0.29) is 29.4 Å². The Labute approximate surface area is 161 Å². The average molecular weight is 452 g/mol. The third kappa shape index (κ3) is 5.50. The summed E-state index contributed by atoms with van der Waals surface area (Å²) in [6.45, 7) is 6.54. The molecule has 0 amide bonds. The van der Waals surface area contributed by atoms with E-state index >= 15 is 0 Å². The molecule has 6 heteroatoms. The molecule has 0 unspecified atom stereocenters. The topological polar surface area (TPSA) is 45.7 Å². The molecule has 1 saturated heterocycles. The van der Waals surface area contributed by atoms with Crippen LogP contribution in [0.4, 0.5) is 0 Å². The van der Waals surface area contributed by atoms with Crippen molar-refractivity contribution in [2.45, 2.75) is 38.1 Å². The molecule has 0 saturated carbocycles. The quantitative estimate of drug-likeness (QED) is 0.418. The molecule has 0 aromatic heterocycles. The van der Waals surface area contributed by atoms with Crippen molar-refractivity contribution in [3.63, 3.8) is 0 Å². The first-order valence-electron chi connectivity index (χ1n) is 7.87. The number of guanidine groups is 1. The summed E-state index contributed by atoms with van der Waals surface area (Å²) in [5, 5.41) is 7.62. The van der Waals surface area contributed by atoms with Gasteiger partial charge in [0.2, 0.25) is 0 Å². The monoisotopic (exact) mass is 451 g/mol. The summed E-state index contributed by atoms with van der Waals surface area (Å²) < 4.78 is 5.57. The number of hydrogen-bond donors (Lipinski definition) is 2. The summed E-state index contributed by atoms with van der Waals surface area (Å²) in [6.07, 6.45) is 1.92. The Morgan fingerprint density at radius 2 is 1.96 bits per heavy atom. The van der Waals surface area contributed by atoms with Crippen LogP contribution < -0.4 is 10.6 Å². The van der Waals surface area contributed by atoms with Crippen molar-refractivity contribution in [3.8, 4) is 0 Å².